The van der Waals surface area contributed by atoms with Crippen molar-refractivity contribution in [1.29, 1.82) is 0 Å². The summed E-state index contributed by atoms with van der Waals surface area (Å²) >= 11 is 1.49. The molecule has 1 aliphatic rings. The third-order valence-corrected chi connectivity index (χ3v) is 3.33. The molecular weight excluding hydrogens is 240 g/mol. The summed E-state index contributed by atoms with van der Waals surface area (Å²) in [5.41, 5.74) is 1.70. The molecular formula is C10H16N4O2S. The van der Waals surface area contributed by atoms with E-state index in [2.05, 4.69) is 15.5 Å². The van der Waals surface area contributed by atoms with Gasteiger partial charge in [-0.25, -0.2) is 4.79 Å². The second-order valence-corrected chi connectivity index (χ2v) is 4.68. The van der Waals surface area contributed by atoms with E-state index in [1.54, 1.807) is 10.4 Å². The normalized spacial score (nSPS) is 16.9. The van der Waals surface area contributed by atoms with Gasteiger partial charge in [-0.1, -0.05) is 11.3 Å². The molecule has 1 aromatic rings. The number of carbonyl (C=O) groups is 1. The topological polar surface area (TPSA) is 67.3 Å². The lowest BCUT2D eigenvalue weighted by atomic mass is 10.1. The molecule has 94 valence electrons. The predicted octanol–water partition coefficient (Wildman–Crippen LogP) is 1.57. The van der Waals surface area contributed by atoms with Crippen molar-refractivity contribution in [3.05, 3.63) is 5.51 Å². The number of anilines is 1. The second-order valence-electron chi connectivity index (χ2n) is 3.85. The summed E-state index contributed by atoms with van der Waals surface area (Å²) in [4.78, 5) is 13.2. The third kappa shape index (κ3) is 3.29. The summed E-state index contributed by atoms with van der Waals surface area (Å²) in [6.07, 6.45) is 1.62. The minimum atomic E-state index is -0.207. The molecule has 1 fully saturated rings. The van der Waals surface area contributed by atoms with Crippen LogP contribution in [-0.4, -0.2) is 46.9 Å². The molecule has 0 bridgehead atoms. The average Bonchev–Trinajstić information content (AvgIpc) is 2.83. The predicted molar refractivity (Wildman–Crippen MR) is 65.1 cm³/mol. The van der Waals surface area contributed by atoms with Crippen LogP contribution in [0.25, 0.3) is 0 Å². The van der Waals surface area contributed by atoms with Crippen LogP contribution < -0.4 is 5.32 Å². The number of aromatic nitrogens is 2. The molecule has 1 saturated heterocycles. The standard InChI is InChI=1S/C10H16N4O2S/c1-2-16-10(15)14-5-3-8(4-6-14)12-9-13-11-7-17-9/h7-8H,2-6H2,1H3,(H,12,13). The number of nitrogens with zero attached hydrogens (tertiary/aromatic N) is 3. The zero-order chi connectivity index (χ0) is 12.1. The number of likely N-dealkylation sites (tertiary alicyclic amines) is 1. The van der Waals surface area contributed by atoms with Gasteiger partial charge in [-0.2, -0.15) is 0 Å². The molecule has 0 saturated carbocycles. The van der Waals surface area contributed by atoms with Gasteiger partial charge in [0.05, 0.1) is 6.61 Å². The van der Waals surface area contributed by atoms with E-state index in [0.717, 1.165) is 31.1 Å². The van der Waals surface area contributed by atoms with Gasteiger partial charge >= 0.3 is 6.09 Å². The number of amides is 1. The zero-order valence-corrected chi connectivity index (χ0v) is 10.6. The van der Waals surface area contributed by atoms with Gasteiger partial charge in [0, 0.05) is 19.1 Å². The van der Waals surface area contributed by atoms with E-state index in [1.807, 2.05) is 6.92 Å². The van der Waals surface area contributed by atoms with Crippen LogP contribution in [0.5, 0.6) is 0 Å². The Morgan fingerprint density at radius 1 is 1.65 bits per heavy atom. The fourth-order valence-corrected chi connectivity index (χ4v) is 2.35. The highest BCUT2D eigenvalue weighted by atomic mass is 32.1. The van der Waals surface area contributed by atoms with Crippen molar-refractivity contribution in [2.75, 3.05) is 25.0 Å². The number of ether oxygens (including phenoxy) is 1. The van der Waals surface area contributed by atoms with Gasteiger partial charge in [0.15, 0.2) is 0 Å². The Bertz CT molecular complexity index is 349. The highest BCUT2D eigenvalue weighted by Gasteiger charge is 2.23. The van der Waals surface area contributed by atoms with Crippen LogP contribution in [0.3, 0.4) is 0 Å². The van der Waals surface area contributed by atoms with E-state index in [1.165, 1.54) is 11.3 Å². The maximum Gasteiger partial charge on any atom is 0.409 e. The van der Waals surface area contributed by atoms with Crippen molar-refractivity contribution in [3.63, 3.8) is 0 Å². The lowest BCUT2D eigenvalue weighted by Gasteiger charge is -2.31. The molecule has 2 rings (SSSR count). The van der Waals surface area contributed by atoms with E-state index in [0.29, 0.717) is 12.6 Å². The molecule has 0 atom stereocenters. The van der Waals surface area contributed by atoms with E-state index in [-0.39, 0.29) is 6.09 Å². The Balaban J connectivity index is 1.76. The Morgan fingerprint density at radius 3 is 3.00 bits per heavy atom. The highest BCUT2D eigenvalue weighted by Crippen LogP contribution is 2.17. The van der Waals surface area contributed by atoms with Crippen LogP contribution in [0.1, 0.15) is 19.8 Å². The van der Waals surface area contributed by atoms with Gasteiger partial charge in [-0.3, -0.25) is 0 Å². The minimum Gasteiger partial charge on any atom is -0.450 e. The van der Waals surface area contributed by atoms with Crippen molar-refractivity contribution >= 4 is 22.6 Å². The first-order chi connectivity index (χ1) is 8.29. The Morgan fingerprint density at radius 2 is 2.41 bits per heavy atom. The Hall–Kier alpha value is -1.37. The SMILES string of the molecule is CCOC(=O)N1CCC(Nc2nncs2)CC1. The highest BCUT2D eigenvalue weighted by molar-refractivity contribution is 7.13. The molecule has 6 nitrogen and oxygen atoms in total. The van der Waals surface area contributed by atoms with Crippen molar-refractivity contribution in [2.24, 2.45) is 0 Å². The van der Waals surface area contributed by atoms with Gasteiger partial charge in [-0.15, -0.1) is 10.2 Å². The molecule has 1 aliphatic heterocycles. The van der Waals surface area contributed by atoms with E-state index in [4.69, 9.17) is 4.74 Å². The molecule has 0 aliphatic carbocycles. The Labute approximate surface area is 104 Å². The monoisotopic (exact) mass is 256 g/mol. The van der Waals surface area contributed by atoms with Gasteiger partial charge < -0.3 is 15.0 Å². The van der Waals surface area contributed by atoms with Crippen molar-refractivity contribution in [3.8, 4) is 0 Å². The first-order valence-corrected chi connectivity index (χ1v) is 6.62. The first-order valence-electron chi connectivity index (χ1n) is 5.74. The fraction of sp³-hybridized carbons (Fsp3) is 0.700. The van der Waals surface area contributed by atoms with Gasteiger partial charge in [0.25, 0.3) is 0 Å². The summed E-state index contributed by atoms with van der Waals surface area (Å²) in [6.45, 7) is 3.72. The number of piperidine rings is 1. The summed E-state index contributed by atoms with van der Waals surface area (Å²) in [6, 6.07) is 0.369. The average molecular weight is 256 g/mol. The molecule has 17 heavy (non-hydrogen) atoms. The van der Waals surface area contributed by atoms with E-state index >= 15 is 0 Å². The largest absolute Gasteiger partial charge is 0.450 e. The summed E-state index contributed by atoms with van der Waals surface area (Å²) in [7, 11) is 0. The number of nitrogens with one attached hydrogen (secondary N) is 1. The number of carbonyl (C=O) groups excluding carboxylic acids is 1. The van der Waals surface area contributed by atoms with Crippen LogP contribution in [-0.2, 0) is 4.74 Å². The molecule has 2 heterocycles. The lowest BCUT2D eigenvalue weighted by Crippen LogP contribution is -2.42. The van der Waals surface area contributed by atoms with Crippen LogP contribution in [0.2, 0.25) is 0 Å². The quantitative estimate of drug-likeness (QED) is 0.889. The van der Waals surface area contributed by atoms with Gasteiger partial charge in [-0.05, 0) is 19.8 Å². The summed E-state index contributed by atoms with van der Waals surface area (Å²) in [5.74, 6) is 0. The molecule has 7 heteroatoms. The zero-order valence-electron chi connectivity index (χ0n) is 9.76. The van der Waals surface area contributed by atoms with Crippen LogP contribution in [0.4, 0.5) is 9.93 Å². The lowest BCUT2D eigenvalue weighted by molar-refractivity contribution is 0.0983. The minimum absolute atomic E-state index is 0.207. The molecule has 1 N–H and O–H groups in total. The molecule has 0 unspecified atom stereocenters. The molecule has 0 aromatic carbocycles. The summed E-state index contributed by atoms with van der Waals surface area (Å²) in [5, 5.41) is 11.9. The molecule has 0 spiro atoms. The maximum absolute atomic E-state index is 11.5. The second kappa shape index (κ2) is 5.81. The number of hydrogen-bond acceptors (Lipinski definition) is 6. The molecule has 1 aromatic heterocycles. The van der Waals surface area contributed by atoms with Crippen molar-refractivity contribution < 1.29 is 9.53 Å². The first kappa shape index (κ1) is 12.1. The molecule has 1 amide bonds. The summed E-state index contributed by atoms with van der Waals surface area (Å²) < 4.78 is 4.97. The fourth-order valence-electron chi connectivity index (χ4n) is 1.83. The third-order valence-electron chi connectivity index (χ3n) is 2.71. The van der Waals surface area contributed by atoms with Crippen molar-refractivity contribution in [2.45, 2.75) is 25.8 Å². The Kier molecular flexibility index (Phi) is 4.13. The van der Waals surface area contributed by atoms with E-state index in [9.17, 15) is 4.79 Å². The van der Waals surface area contributed by atoms with Crippen molar-refractivity contribution in [1.82, 2.24) is 15.1 Å². The van der Waals surface area contributed by atoms with Crippen LogP contribution in [0.15, 0.2) is 5.51 Å². The smallest absolute Gasteiger partial charge is 0.409 e. The van der Waals surface area contributed by atoms with Crippen LogP contribution in [0, 0.1) is 0 Å². The van der Waals surface area contributed by atoms with E-state index < -0.39 is 0 Å². The molecule has 0 radical (unpaired) electrons. The van der Waals surface area contributed by atoms with Gasteiger partial charge in [0.1, 0.15) is 5.51 Å². The van der Waals surface area contributed by atoms with Crippen LogP contribution >= 0.6 is 11.3 Å². The van der Waals surface area contributed by atoms with Gasteiger partial charge in [0.2, 0.25) is 5.13 Å². The number of rotatable bonds is 3. The maximum atomic E-state index is 11.5. The number of hydrogen-bond donors (Lipinski definition) is 1.